The molecular formula is C16H20N2O4. The maximum absolute atomic E-state index is 12.6. The number of Topliss-reactive ketones (excluding diaryl/α,β-unsaturated/α-hetero) is 1. The fraction of sp³-hybridized carbons (Fsp3) is 0.438. The summed E-state index contributed by atoms with van der Waals surface area (Å²) in [5, 5.41) is 9.34. The SMILES string of the molecule is COc1ccc2c(c1)nc(C(=O)C(C)(C)C)n2C(C)C(=O)O. The number of ketones is 1. The third-order valence-electron chi connectivity index (χ3n) is 3.53. The minimum Gasteiger partial charge on any atom is -0.497 e. The molecule has 1 aromatic heterocycles. The Hall–Kier alpha value is -2.37. The lowest BCUT2D eigenvalue weighted by Gasteiger charge is -2.19. The van der Waals surface area contributed by atoms with Crippen LogP contribution in [0.2, 0.25) is 0 Å². The molecule has 0 saturated carbocycles. The predicted molar refractivity (Wildman–Crippen MR) is 82.4 cm³/mol. The summed E-state index contributed by atoms with van der Waals surface area (Å²) in [6.07, 6.45) is 0. The number of aliphatic carboxylic acids is 1. The lowest BCUT2D eigenvalue weighted by atomic mass is 9.90. The van der Waals surface area contributed by atoms with E-state index in [2.05, 4.69) is 4.98 Å². The van der Waals surface area contributed by atoms with Gasteiger partial charge in [-0.25, -0.2) is 9.78 Å². The summed E-state index contributed by atoms with van der Waals surface area (Å²) >= 11 is 0. The Balaban J connectivity index is 2.75. The molecule has 1 atom stereocenters. The van der Waals surface area contributed by atoms with Crippen molar-refractivity contribution in [1.29, 1.82) is 0 Å². The number of benzene rings is 1. The number of nitrogens with zero attached hydrogens (tertiary/aromatic N) is 2. The van der Waals surface area contributed by atoms with E-state index in [9.17, 15) is 14.7 Å². The van der Waals surface area contributed by atoms with Crippen LogP contribution in [0, 0.1) is 5.41 Å². The van der Waals surface area contributed by atoms with Crippen molar-refractivity contribution in [3.05, 3.63) is 24.0 Å². The molecule has 0 saturated heterocycles. The molecule has 118 valence electrons. The maximum atomic E-state index is 12.6. The summed E-state index contributed by atoms with van der Waals surface area (Å²) in [5.41, 5.74) is 0.491. The molecule has 1 heterocycles. The first-order chi connectivity index (χ1) is 10.2. The zero-order valence-corrected chi connectivity index (χ0v) is 13.4. The number of methoxy groups -OCH3 is 1. The van der Waals surface area contributed by atoms with Crippen LogP contribution in [0.5, 0.6) is 5.75 Å². The molecule has 0 aliphatic rings. The highest BCUT2D eigenvalue weighted by Crippen LogP contribution is 2.29. The van der Waals surface area contributed by atoms with Crippen molar-refractivity contribution in [3.63, 3.8) is 0 Å². The molecule has 1 N–H and O–H groups in total. The van der Waals surface area contributed by atoms with Crippen LogP contribution in [0.3, 0.4) is 0 Å². The van der Waals surface area contributed by atoms with Crippen molar-refractivity contribution in [2.45, 2.75) is 33.7 Å². The first-order valence-electron chi connectivity index (χ1n) is 7.00. The number of fused-ring (bicyclic) bond motifs is 1. The van der Waals surface area contributed by atoms with E-state index in [0.29, 0.717) is 16.8 Å². The Morgan fingerprint density at radius 2 is 1.95 bits per heavy atom. The van der Waals surface area contributed by atoms with Gasteiger partial charge in [0.2, 0.25) is 5.78 Å². The van der Waals surface area contributed by atoms with Crippen molar-refractivity contribution in [3.8, 4) is 5.75 Å². The molecule has 22 heavy (non-hydrogen) atoms. The number of hydrogen-bond donors (Lipinski definition) is 1. The second kappa shape index (κ2) is 5.44. The van der Waals surface area contributed by atoms with E-state index in [0.717, 1.165) is 0 Å². The van der Waals surface area contributed by atoms with Gasteiger partial charge in [-0.05, 0) is 19.1 Å². The minimum atomic E-state index is -1.02. The number of carboxylic acids is 1. The molecule has 0 bridgehead atoms. The highest BCUT2D eigenvalue weighted by atomic mass is 16.5. The smallest absolute Gasteiger partial charge is 0.326 e. The van der Waals surface area contributed by atoms with Gasteiger partial charge < -0.3 is 14.4 Å². The van der Waals surface area contributed by atoms with Gasteiger partial charge >= 0.3 is 5.97 Å². The molecule has 0 aliphatic carbocycles. The number of imidazole rings is 1. The summed E-state index contributed by atoms with van der Waals surface area (Å²) in [5.74, 6) is -0.450. The Morgan fingerprint density at radius 1 is 1.32 bits per heavy atom. The van der Waals surface area contributed by atoms with E-state index in [-0.39, 0.29) is 11.6 Å². The quantitative estimate of drug-likeness (QED) is 0.878. The number of carboxylic acid groups (broad SMARTS) is 1. The molecule has 0 amide bonds. The number of carbonyl (C=O) groups is 2. The predicted octanol–water partition coefficient (Wildman–Crippen LogP) is 2.92. The molecular weight excluding hydrogens is 284 g/mol. The highest BCUT2D eigenvalue weighted by Gasteiger charge is 2.31. The Labute approximate surface area is 128 Å². The van der Waals surface area contributed by atoms with E-state index in [1.54, 1.807) is 46.1 Å². The fourth-order valence-electron chi connectivity index (χ4n) is 2.20. The molecule has 0 fully saturated rings. The molecule has 6 nitrogen and oxygen atoms in total. The van der Waals surface area contributed by atoms with Crippen LogP contribution in [0.1, 0.15) is 44.4 Å². The normalized spacial score (nSPS) is 13.1. The highest BCUT2D eigenvalue weighted by molar-refractivity contribution is 6.00. The third-order valence-corrected chi connectivity index (χ3v) is 3.53. The van der Waals surface area contributed by atoms with Gasteiger partial charge in [-0.1, -0.05) is 20.8 Å². The molecule has 0 radical (unpaired) electrons. The van der Waals surface area contributed by atoms with E-state index in [1.807, 2.05) is 0 Å². The van der Waals surface area contributed by atoms with Crippen LogP contribution in [0.4, 0.5) is 0 Å². The maximum Gasteiger partial charge on any atom is 0.326 e. The number of carbonyl (C=O) groups excluding carboxylic acids is 1. The van der Waals surface area contributed by atoms with Gasteiger partial charge in [0.15, 0.2) is 5.82 Å². The van der Waals surface area contributed by atoms with Crippen LogP contribution in [0.15, 0.2) is 18.2 Å². The monoisotopic (exact) mass is 304 g/mol. The molecule has 6 heteroatoms. The molecule has 0 aliphatic heterocycles. The van der Waals surface area contributed by atoms with Crippen LogP contribution < -0.4 is 4.74 Å². The number of ether oxygens (including phenoxy) is 1. The molecule has 2 aromatic rings. The standard InChI is InChI=1S/C16H20N2O4/c1-9(15(20)21)18-12-7-6-10(22-5)8-11(12)17-14(18)13(19)16(2,3)4/h6-9H,1-5H3,(H,20,21). The molecule has 2 rings (SSSR count). The summed E-state index contributed by atoms with van der Waals surface area (Å²) in [6.45, 7) is 6.88. The minimum absolute atomic E-state index is 0.158. The van der Waals surface area contributed by atoms with Crippen molar-refractivity contribution in [1.82, 2.24) is 9.55 Å². The van der Waals surface area contributed by atoms with E-state index >= 15 is 0 Å². The topological polar surface area (TPSA) is 81.4 Å². The van der Waals surface area contributed by atoms with Crippen LogP contribution in [-0.4, -0.2) is 33.5 Å². The lowest BCUT2D eigenvalue weighted by molar-refractivity contribution is -0.140. The molecule has 1 unspecified atom stereocenters. The average molecular weight is 304 g/mol. The molecule has 1 aromatic carbocycles. The number of aromatic nitrogens is 2. The van der Waals surface area contributed by atoms with Crippen LogP contribution >= 0.6 is 0 Å². The first kappa shape index (κ1) is 16.0. The Morgan fingerprint density at radius 3 is 2.45 bits per heavy atom. The summed E-state index contributed by atoms with van der Waals surface area (Å²) < 4.78 is 6.63. The third kappa shape index (κ3) is 2.68. The largest absolute Gasteiger partial charge is 0.497 e. The summed E-state index contributed by atoms with van der Waals surface area (Å²) in [4.78, 5) is 28.4. The Bertz CT molecular complexity index is 740. The zero-order valence-electron chi connectivity index (χ0n) is 13.4. The van der Waals surface area contributed by atoms with Gasteiger partial charge in [-0.2, -0.15) is 0 Å². The number of hydrogen-bond acceptors (Lipinski definition) is 4. The van der Waals surface area contributed by atoms with Gasteiger partial charge in [0.1, 0.15) is 11.8 Å². The van der Waals surface area contributed by atoms with Crippen molar-refractivity contribution in [2.75, 3.05) is 7.11 Å². The summed E-state index contributed by atoms with van der Waals surface area (Å²) in [6, 6.07) is 4.25. The second-order valence-corrected chi connectivity index (χ2v) is 6.25. The second-order valence-electron chi connectivity index (χ2n) is 6.25. The first-order valence-corrected chi connectivity index (χ1v) is 7.00. The number of rotatable bonds is 4. The Kier molecular flexibility index (Phi) is 3.96. The van der Waals surface area contributed by atoms with Crippen molar-refractivity contribution < 1.29 is 19.4 Å². The van der Waals surface area contributed by atoms with Gasteiger partial charge in [0.05, 0.1) is 18.1 Å². The van der Waals surface area contributed by atoms with Crippen molar-refractivity contribution in [2.24, 2.45) is 5.41 Å². The van der Waals surface area contributed by atoms with Crippen LogP contribution in [0.25, 0.3) is 11.0 Å². The van der Waals surface area contributed by atoms with Gasteiger partial charge in [-0.15, -0.1) is 0 Å². The summed E-state index contributed by atoms with van der Waals surface area (Å²) in [7, 11) is 1.54. The van der Waals surface area contributed by atoms with E-state index < -0.39 is 17.4 Å². The van der Waals surface area contributed by atoms with E-state index in [4.69, 9.17) is 4.74 Å². The van der Waals surface area contributed by atoms with E-state index in [1.165, 1.54) is 11.5 Å². The van der Waals surface area contributed by atoms with Gasteiger partial charge in [0.25, 0.3) is 0 Å². The van der Waals surface area contributed by atoms with Crippen LogP contribution in [-0.2, 0) is 4.79 Å². The van der Waals surface area contributed by atoms with Gasteiger partial charge in [0, 0.05) is 11.5 Å². The van der Waals surface area contributed by atoms with Gasteiger partial charge in [-0.3, -0.25) is 4.79 Å². The fourth-order valence-corrected chi connectivity index (χ4v) is 2.20. The lowest BCUT2D eigenvalue weighted by Crippen LogP contribution is -2.27. The molecule has 0 spiro atoms. The average Bonchev–Trinajstić information content (AvgIpc) is 2.82. The van der Waals surface area contributed by atoms with Crippen molar-refractivity contribution >= 4 is 22.8 Å². The zero-order chi connectivity index (χ0) is 16.7.